The van der Waals surface area contributed by atoms with Gasteiger partial charge in [-0.25, -0.2) is 15.1 Å². The molecule has 8 heteroatoms. The number of hydrogen-bond acceptors (Lipinski definition) is 5. The van der Waals surface area contributed by atoms with Gasteiger partial charge in [0, 0.05) is 4.90 Å². The van der Waals surface area contributed by atoms with E-state index >= 15 is 0 Å². The second kappa shape index (κ2) is 6.90. The summed E-state index contributed by atoms with van der Waals surface area (Å²) in [5, 5.41) is 2.89. The summed E-state index contributed by atoms with van der Waals surface area (Å²) >= 11 is 1.56. The first kappa shape index (κ1) is 18.2. The molecule has 5 aromatic rings. The minimum Gasteiger partial charge on any atom is -0.436 e. The Morgan fingerprint density at radius 2 is 1.90 bits per heavy atom. The zero-order valence-corrected chi connectivity index (χ0v) is 16.9. The first-order chi connectivity index (χ1) is 14.6. The molecule has 2 aromatic carbocycles. The lowest BCUT2D eigenvalue weighted by Crippen LogP contribution is -2.19. The number of benzene rings is 2. The van der Waals surface area contributed by atoms with Gasteiger partial charge in [0.25, 0.3) is 5.82 Å². The van der Waals surface area contributed by atoms with E-state index in [1.165, 1.54) is 4.52 Å². The SMILES string of the molecule is [C-]#[N+]c1[nH]n2c(=O)c(-c3nc4c(SC)cccc4o3)c(C)nc2c1-c1ccccc1. The Kier molecular flexibility index (Phi) is 4.19. The van der Waals surface area contributed by atoms with Crippen LogP contribution in [0.3, 0.4) is 0 Å². The molecule has 0 unspecified atom stereocenters. The molecular weight excluding hydrogens is 398 g/mol. The maximum atomic E-state index is 13.4. The molecule has 0 fully saturated rings. The first-order valence-electron chi connectivity index (χ1n) is 9.14. The number of H-pyrrole nitrogens is 1. The fourth-order valence-corrected chi connectivity index (χ4v) is 4.11. The largest absolute Gasteiger partial charge is 0.436 e. The lowest BCUT2D eigenvalue weighted by Gasteiger charge is -2.03. The van der Waals surface area contributed by atoms with Crippen molar-refractivity contribution < 1.29 is 4.42 Å². The molecule has 7 nitrogen and oxygen atoms in total. The van der Waals surface area contributed by atoms with Gasteiger partial charge < -0.3 is 9.26 Å². The average Bonchev–Trinajstić information content (AvgIpc) is 3.35. The van der Waals surface area contributed by atoms with Gasteiger partial charge in [-0.1, -0.05) is 43.0 Å². The third kappa shape index (κ3) is 2.64. The van der Waals surface area contributed by atoms with Gasteiger partial charge in [-0.3, -0.25) is 4.79 Å². The summed E-state index contributed by atoms with van der Waals surface area (Å²) in [6.07, 6.45) is 1.97. The van der Waals surface area contributed by atoms with Crippen LogP contribution < -0.4 is 5.56 Å². The Morgan fingerprint density at radius 3 is 2.63 bits per heavy atom. The number of para-hydroxylation sites is 1. The maximum Gasteiger partial charge on any atom is 0.301 e. The van der Waals surface area contributed by atoms with Crippen LogP contribution in [0.15, 0.2) is 62.6 Å². The van der Waals surface area contributed by atoms with Crippen molar-refractivity contribution >= 4 is 34.3 Å². The highest BCUT2D eigenvalue weighted by Gasteiger charge is 2.24. The molecule has 0 aliphatic heterocycles. The molecule has 3 aromatic heterocycles. The molecule has 146 valence electrons. The second-order valence-electron chi connectivity index (χ2n) is 6.68. The van der Waals surface area contributed by atoms with Crippen LogP contribution in [0.25, 0.3) is 44.2 Å². The molecule has 0 saturated carbocycles. The van der Waals surface area contributed by atoms with Crippen molar-refractivity contribution in [1.82, 2.24) is 19.6 Å². The summed E-state index contributed by atoms with van der Waals surface area (Å²) < 4.78 is 7.20. The van der Waals surface area contributed by atoms with Crippen LogP contribution in [0.2, 0.25) is 0 Å². The third-order valence-electron chi connectivity index (χ3n) is 4.93. The van der Waals surface area contributed by atoms with Gasteiger partial charge in [-0.05, 0) is 30.9 Å². The number of thioether (sulfide) groups is 1. The number of rotatable bonds is 3. The van der Waals surface area contributed by atoms with Crippen LogP contribution in [0.4, 0.5) is 5.82 Å². The smallest absolute Gasteiger partial charge is 0.301 e. The van der Waals surface area contributed by atoms with E-state index in [-0.39, 0.29) is 22.8 Å². The maximum absolute atomic E-state index is 13.4. The van der Waals surface area contributed by atoms with Crippen molar-refractivity contribution in [2.24, 2.45) is 0 Å². The van der Waals surface area contributed by atoms with Gasteiger partial charge in [-0.2, -0.15) is 0 Å². The van der Waals surface area contributed by atoms with Crippen LogP contribution in [-0.2, 0) is 0 Å². The summed E-state index contributed by atoms with van der Waals surface area (Å²) in [4.78, 5) is 27.1. The highest BCUT2D eigenvalue weighted by atomic mass is 32.2. The van der Waals surface area contributed by atoms with E-state index in [9.17, 15) is 4.79 Å². The van der Waals surface area contributed by atoms with Crippen molar-refractivity contribution in [3.05, 3.63) is 76.0 Å². The molecule has 30 heavy (non-hydrogen) atoms. The molecule has 3 heterocycles. The van der Waals surface area contributed by atoms with Crippen LogP contribution in [0.5, 0.6) is 0 Å². The van der Waals surface area contributed by atoms with Crippen molar-refractivity contribution in [3.8, 4) is 22.6 Å². The Bertz CT molecular complexity index is 1520. The van der Waals surface area contributed by atoms with E-state index in [4.69, 9.17) is 11.0 Å². The van der Waals surface area contributed by atoms with E-state index in [1.54, 1.807) is 18.7 Å². The zero-order chi connectivity index (χ0) is 20.8. The molecule has 0 spiro atoms. The molecule has 0 radical (unpaired) electrons. The van der Waals surface area contributed by atoms with Gasteiger partial charge in [0.05, 0.1) is 11.3 Å². The van der Waals surface area contributed by atoms with Gasteiger partial charge in [0.2, 0.25) is 5.89 Å². The Hall–Kier alpha value is -3.83. The number of aryl methyl sites for hydroxylation is 1. The average molecular weight is 413 g/mol. The minimum absolute atomic E-state index is 0.219. The number of oxazole rings is 1. The van der Waals surface area contributed by atoms with Crippen molar-refractivity contribution in [2.75, 3.05) is 6.26 Å². The summed E-state index contributed by atoms with van der Waals surface area (Å²) in [6, 6.07) is 15.1. The van der Waals surface area contributed by atoms with Crippen molar-refractivity contribution in [3.63, 3.8) is 0 Å². The van der Waals surface area contributed by atoms with Crippen LogP contribution in [-0.4, -0.2) is 25.8 Å². The predicted octanol–water partition coefficient (Wildman–Crippen LogP) is 5.08. The van der Waals surface area contributed by atoms with Gasteiger partial charge in [-0.15, -0.1) is 16.3 Å². The summed E-state index contributed by atoms with van der Waals surface area (Å²) in [7, 11) is 0. The van der Waals surface area contributed by atoms with Crippen molar-refractivity contribution in [2.45, 2.75) is 11.8 Å². The van der Waals surface area contributed by atoms with E-state index in [1.807, 2.05) is 54.8 Å². The minimum atomic E-state index is -0.359. The summed E-state index contributed by atoms with van der Waals surface area (Å²) in [5.74, 6) is 0.473. The Labute approximate surface area is 175 Å². The summed E-state index contributed by atoms with van der Waals surface area (Å²) in [5.41, 5.74) is 3.54. The van der Waals surface area contributed by atoms with Gasteiger partial charge in [0.1, 0.15) is 11.1 Å². The number of nitrogens with zero attached hydrogens (tertiary/aromatic N) is 4. The van der Waals surface area contributed by atoms with Crippen LogP contribution in [0, 0.1) is 13.5 Å². The lowest BCUT2D eigenvalue weighted by molar-refractivity contribution is 0.616. The van der Waals surface area contributed by atoms with E-state index in [2.05, 4.69) is 19.9 Å². The molecule has 0 atom stereocenters. The fraction of sp³-hybridized carbons (Fsp3) is 0.0909. The molecule has 0 aliphatic carbocycles. The number of aromatic amines is 1. The first-order valence-corrected chi connectivity index (χ1v) is 10.4. The second-order valence-corrected chi connectivity index (χ2v) is 7.52. The summed E-state index contributed by atoms with van der Waals surface area (Å²) in [6.45, 7) is 9.29. The highest BCUT2D eigenvalue weighted by Crippen LogP contribution is 2.34. The number of fused-ring (bicyclic) bond motifs is 2. The molecule has 5 rings (SSSR count). The van der Waals surface area contributed by atoms with Crippen molar-refractivity contribution in [1.29, 1.82) is 0 Å². The quantitative estimate of drug-likeness (QED) is 0.330. The normalized spacial score (nSPS) is 11.2. The van der Waals surface area contributed by atoms with E-state index < -0.39 is 0 Å². The molecule has 0 bridgehead atoms. The molecule has 0 amide bonds. The number of aromatic nitrogens is 4. The van der Waals surface area contributed by atoms with Crippen LogP contribution >= 0.6 is 11.8 Å². The van der Waals surface area contributed by atoms with Crippen LogP contribution in [0.1, 0.15) is 5.69 Å². The Balaban J connectivity index is 1.80. The van der Waals surface area contributed by atoms with E-state index in [0.717, 1.165) is 10.5 Å². The van der Waals surface area contributed by atoms with E-state index in [0.29, 0.717) is 28.0 Å². The predicted molar refractivity (Wildman–Crippen MR) is 117 cm³/mol. The van der Waals surface area contributed by atoms with Gasteiger partial charge >= 0.3 is 5.56 Å². The fourth-order valence-electron chi connectivity index (χ4n) is 3.56. The molecule has 0 saturated heterocycles. The highest BCUT2D eigenvalue weighted by molar-refractivity contribution is 7.98. The zero-order valence-electron chi connectivity index (χ0n) is 16.1. The van der Waals surface area contributed by atoms with Gasteiger partial charge in [0.15, 0.2) is 11.2 Å². The monoisotopic (exact) mass is 413 g/mol. The molecule has 1 N–H and O–H groups in total. The Morgan fingerprint density at radius 1 is 1.10 bits per heavy atom. The third-order valence-corrected chi connectivity index (χ3v) is 5.70. The standard InChI is InChI=1S/C22H15N5O2S/c1-12-16(21-25-18-14(29-21)10-7-11-15(18)30-3)22(28)27-20(24-12)17(19(23-2)26-27)13-8-5-4-6-9-13/h4-11,26H,1,3H3. The topological polar surface area (TPSA) is 80.5 Å². The number of nitrogens with one attached hydrogen (secondary N) is 1. The molecule has 0 aliphatic rings. The molecular formula is C22H15N5O2S. The lowest BCUT2D eigenvalue weighted by atomic mass is 10.1. The number of hydrogen-bond donors (Lipinski definition) is 1.